The number of amides is 1. The van der Waals surface area contributed by atoms with E-state index in [1.54, 1.807) is 6.07 Å². The summed E-state index contributed by atoms with van der Waals surface area (Å²) in [5.74, 6) is -0.793. The predicted octanol–water partition coefficient (Wildman–Crippen LogP) is 3.02. The summed E-state index contributed by atoms with van der Waals surface area (Å²) in [4.78, 5) is 16.5. The first-order valence-corrected chi connectivity index (χ1v) is 7.30. The summed E-state index contributed by atoms with van der Waals surface area (Å²) in [7, 11) is 0. The van der Waals surface area contributed by atoms with E-state index in [-0.39, 0.29) is 23.0 Å². The van der Waals surface area contributed by atoms with Gasteiger partial charge in [-0.1, -0.05) is 19.3 Å². The fourth-order valence-corrected chi connectivity index (χ4v) is 2.95. The van der Waals surface area contributed by atoms with Gasteiger partial charge in [0.15, 0.2) is 0 Å². The lowest BCUT2D eigenvalue weighted by Crippen LogP contribution is -2.36. The smallest absolute Gasteiger partial charge is 0.270 e. The quantitative estimate of drug-likeness (QED) is 0.834. The van der Waals surface area contributed by atoms with E-state index >= 15 is 0 Å². The molecule has 1 fully saturated rings. The number of benzene rings is 1. The molecule has 110 valence electrons. The Morgan fingerprint density at radius 3 is 2.76 bits per heavy atom. The second-order valence-corrected chi connectivity index (χ2v) is 5.53. The second-order valence-electron chi connectivity index (χ2n) is 5.53. The van der Waals surface area contributed by atoms with Gasteiger partial charge in [0.05, 0.1) is 5.39 Å². The third-order valence-electron chi connectivity index (χ3n) is 4.07. The molecule has 3 N–H and O–H groups in total. The van der Waals surface area contributed by atoms with Crippen molar-refractivity contribution in [1.29, 1.82) is 0 Å². The summed E-state index contributed by atoms with van der Waals surface area (Å²) in [6, 6.07) is 4.56. The molecule has 1 heterocycles. The average molecular weight is 287 g/mol. The van der Waals surface area contributed by atoms with Crippen LogP contribution in [-0.4, -0.2) is 16.9 Å². The molecule has 1 aromatic carbocycles. The van der Waals surface area contributed by atoms with Crippen LogP contribution in [0.1, 0.15) is 42.6 Å². The van der Waals surface area contributed by atoms with Gasteiger partial charge in [-0.25, -0.2) is 4.39 Å². The number of hydrogen-bond acceptors (Lipinski definition) is 3. The van der Waals surface area contributed by atoms with Gasteiger partial charge in [0.1, 0.15) is 11.5 Å². The number of nitrogen functional groups attached to an aromatic ring is 1. The highest BCUT2D eigenvalue weighted by atomic mass is 19.1. The number of nitrogens with zero attached hydrogens (tertiary/aromatic N) is 1. The molecule has 1 aliphatic carbocycles. The van der Waals surface area contributed by atoms with E-state index < -0.39 is 5.82 Å². The Bertz CT molecular complexity index is 681. The van der Waals surface area contributed by atoms with Crippen LogP contribution in [0, 0.1) is 5.82 Å². The lowest BCUT2D eigenvalue weighted by molar-refractivity contribution is 0.0924. The standard InChI is InChI=1S/C16H18FN3O/c17-12-6-7-13(18)11-8-9-19-15(14(11)12)16(21)20-10-4-2-1-3-5-10/h6-10H,1-5,18H2,(H,20,21). The van der Waals surface area contributed by atoms with Gasteiger partial charge < -0.3 is 11.1 Å². The van der Waals surface area contributed by atoms with Gasteiger partial charge in [0, 0.05) is 23.3 Å². The molecule has 1 saturated carbocycles. The zero-order valence-corrected chi connectivity index (χ0v) is 11.7. The molecule has 1 amide bonds. The maximum Gasteiger partial charge on any atom is 0.270 e. The van der Waals surface area contributed by atoms with Gasteiger partial charge in [0.2, 0.25) is 0 Å². The number of nitrogens with one attached hydrogen (secondary N) is 1. The van der Waals surface area contributed by atoms with Crippen molar-refractivity contribution in [3.8, 4) is 0 Å². The number of nitrogens with two attached hydrogens (primary N) is 1. The molecule has 0 aliphatic heterocycles. The summed E-state index contributed by atoms with van der Waals surface area (Å²) >= 11 is 0. The van der Waals surface area contributed by atoms with E-state index in [0.717, 1.165) is 25.7 Å². The van der Waals surface area contributed by atoms with Gasteiger partial charge in [-0.2, -0.15) is 0 Å². The first-order chi connectivity index (χ1) is 10.2. The number of rotatable bonds is 2. The average Bonchev–Trinajstić information content (AvgIpc) is 2.51. The maximum absolute atomic E-state index is 14.1. The molecule has 4 nitrogen and oxygen atoms in total. The largest absolute Gasteiger partial charge is 0.398 e. The molecule has 0 unspecified atom stereocenters. The molecule has 5 heteroatoms. The first-order valence-electron chi connectivity index (χ1n) is 7.30. The number of fused-ring (bicyclic) bond motifs is 1. The lowest BCUT2D eigenvalue weighted by atomic mass is 9.95. The summed E-state index contributed by atoms with van der Waals surface area (Å²) in [5, 5.41) is 3.69. The van der Waals surface area contributed by atoms with Crippen molar-refractivity contribution in [2.75, 3.05) is 5.73 Å². The van der Waals surface area contributed by atoms with E-state index in [4.69, 9.17) is 5.73 Å². The molecule has 0 radical (unpaired) electrons. The molecule has 3 rings (SSSR count). The van der Waals surface area contributed by atoms with Gasteiger partial charge in [0.25, 0.3) is 5.91 Å². The highest BCUT2D eigenvalue weighted by molar-refractivity contribution is 6.08. The molecule has 2 aromatic rings. The minimum absolute atomic E-state index is 0.114. The molecule has 0 saturated heterocycles. The van der Waals surface area contributed by atoms with Crippen molar-refractivity contribution in [3.05, 3.63) is 35.9 Å². The number of carbonyl (C=O) groups is 1. The topological polar surface area (TPSA) is 68.0 Å². The summed E-state index contributed by atoms with van der Waals surface area (Å²) in [5.41, 5.74) is 6.41. The first kappa shape index (κ1) is 13.8. The van der Waals surface area contributed by atoms with E-state index in [1.807, 2.05) is 0 Å². The van der Waals surface area contributed by atoms with Crippen LogP contribution in [0.15, 0.2) is 24.4 Å². The highest BCUT2D eigenvalue weighted by Gasteiger charge is 2.20. The zero-order valence-electron chi connectivity index (χ0n) is 11.7. The lowest BCUT2D eigenvalue weighted by Gasteiger charge is -2.22. The number of hydrogen-bond donors (Lipinski definition) is 2. The summed E-state index contributed by atoms with van der Waals surface area (Å²) in [6.07, 6.45) is 6.89. The van der Waals surface area contributed by atoms with Crippen molar-refractivity contribution in [3.63, 3.8) is 0 Å². The number of pyridine rings is 1. The number of aromatic nitrogens is 1. The second kappa shape index (κ2) is 5.68. The molecular weight excluding hydrogens is 269 g/mol. The van der Waals surface area contributed by atoms with E-state index in [2.05, 4.69) is 10.3 Å². The van der Waals surface area contributed by atoms with Gasteiger partial charge in [-0.15, -0.1) is 0 Å². The van der Waals surface area contributed by atoms with E-state index in [0.29, 0.717) is 11.1 Å². The minimum Gasteiger partial charge on any atom is -0.398 e. The fraction of sp³-hybridized carbons (Fsp3) is 0.375. The molecule has 0 bridgehead atoms. The Labute approximate surface area is 122 Å². The summed E-state index contributed by atoms with van der Waals surface area (Å²) in [6.45, 7) is 0. The van der Waals surface area contributed by atoms with Crippen molar-refractivity contribution in [2.24, 2.45) is 0 Å². The van der Waals surface area contributed by atoms with E-state index in [9.17, 15) is 9.18 Å². The van der Waals surface area contributed by atoms with Gasteiger partial charge >= 0.3 is 0 Å². The van der Waals surface area contributed by atoms with Crippen LogP contribution in [-0.2, 0) is 0 Å². The normalized spacial score (nSPS) is 16.0. The molecule has 1 aromatic heterocycles. The number of carbonyl (C=O) groups excluding carboxylic acids is 1. The van der Waals surface area contributed by atoms with Gasteiger partial charge in [-0.05, 0) is 31.0 Å². The number of anilines is 1. The van der Waals surface area contributed by atoms with Crippen LogP contribution in [0.2, 0.25) is 0 Å². The van der Waals surface area contributed by atoms with E-state index in [1.165, 1.54) is 24.8 Å². The fourth-order valence-electron chi connectivity index (χ4n) is 2.95. The Balaban J connectivity index is 1.96. The molecule has 21 heavy (non-hydrogen) atoms. The van der Waals surface area contributed by atoms with Crippen LogP contribution in [0.3, 0.4) is 0 Å². The molecule has 1 aliphatic rings. The van der Waals surface area contributed by atoms with Crippen molar-refractivity contribution >= 4 is 22.4 Å². The molecular formula is C16H18FN3O. The predicted molar refractivity (Wildman–Crippen MR) is 80.5 cm³/mol. The van der Waals surface area contributed by atoms with Crippen molar-refractivity contribution in [1.82, 2.24) is 10.3 Å². The monoisotopic (exact) mass is 287 g/mol. The Morgan fingerprint density at radius 2 is 2.00 bits per heavy atom. The Kier molecular flexibility index (Phi) is 3.73. The number of halogens is 1. The van der Waals surface area contributed by atoms with Crippen LogP contribution in [0.4, 0.5) is 10.1 Å². The maximum atomic E-state index is 14.1. The molecule has 0 spiro atoms. The van der Waals surface area contributed by atoms with Crippen LogP contribution >= 0.6 is 0 Å². The van der Waals surface area contributed by atoms with Crippen LogP contribution in [0.25, 0.3) is 10.8 Å². The summed E-state index contributed by atoms with van der Waals surface area (Å²) < 4.78 is 14.1. The Hall–Kier alpha value is -2.17. The van der Waals surface area contributed by atoms with Crippen LogP contribution in [0.5, 0.6) is 0 Å². The van der Waals surface area contributed by atoms with Crippen molar-refractivity contribution < 1.29 is 9.18 Å². The van der Waals surface area contributed by atoms with Gasteiger partial charge in [-0.3, -0.25) is 9.78 Å². The zero-order chi connectivity index (χ0) is 14.8. The molecule has 0 atom stereocenters. The van der Waals surface area contributed by atoms with Crippen LogP contribution < -0.4 is 11.1 Å². The SMILES string of the molecule is Nc1ccc(F)c2c(C(=O)NC3CCCCC3)nccc12. The highest BCUT2D eigenvalue weighted by Crippen LogP contribution is 2.26. The van der Waals surface area contributed by atoms with Crippen molar-refractivity contribution in [2.45, 2.75) is 38.1 Å². The minimum atomic E-state index is -0.471. The Morgan fingerprint density at radius 1 is 1.24 bits per heavy atom. The third kappa shape index (κ3) is 2.68. The third-order valence-corrected chi connectivity index (χ3v) is 4.07.